The Morgan fingerprint density at radius 1 is 0.526 bits per heavy atom. The van der Waals surface area contributed by atoms with Crippen LogP contribution in [-0.4, -0.2) is 0 Å². The quantitative estimate of drug-likeness (QED) is 0.307. The number of benzene rings is 2. The van der Waals surface area contributed by atoms with Crippen LogP contribution in [0.2, 0.25) is 0 Å². The normalized spacial score (nSPS) is 11.1. The van der Waals surface area contributed by atoms with Crippen LogP contribution in [0.15, 0.2) is 24.3 Å². The monoisotopic (exact) mass is 389 g/mol. The summed E-state index contributed by atoms with van der Waals surface area (Å²) in [5.74, 6) is -7.10. The average molecular weight is 389 g/mol. The molecule has 0 saturated carbocycles. The predicted molar refractivity (Wildman–Crippen MR) is 50.0 cm³/mol. The Hall–Kier alpha value is -1.25. The van der Waals surface area contributed by atoms with Gasteiger partial charge >= 0.3 is 114 Å². The van der Waals surface area contributed by atoms with Crippen LogP contribution in [0.1, 0.15) is 0 Å². The van der Waals surface area contributed by atoms with E-state index in [0.29, 0.717) is 24.3 Å². The molecular weight excluding hydrogens is 385 g/mol. The molecule has 0 radical (unpaired) electrons. The maximum atomic E-state index is 13.4. The standard InChI is InChI=1S/C12H4F6I/c13-5-1-7(15)11(8(16)2-5)19-12-9(17)3-6(14)4-10(12)18/h1-4H/q-1. The van der Waals surface area contributed by atoms with Gasteiger partial charge in [0.05, 0.1) is 0 Å². The van der Waals surface area contributed by atoms with E-state index in [1.54, 1.807) is 0 Å². The molecule has 19 heavy (non-hydrogen) atoms. The molecule has 2 aromatic rings. The van der Waals surface area contributed by atoms with Crippen molar-refractivity contribution >= 4 is 0 Å². The Balaban J connectivity index is 2.48. The summed E-state index contributed by atoms with van der Waals surface area (Å²) < 4.78 is 77.7. The van der Waals surface area contributed by atoms with Gasteiger partial charge in [0, 0.05) is 0 Å². The topological polar surface area (TPSA) is 0 Å². The van der Waals surface area contributed by atoms with Crippen molar-refractivity contribution in [3.63, 3.8) is 0 Å². The summed E-state index contributed by atoms with van der Waals surface area (Å²) in [6, 6.07) is 1.71. The molecular formula is C12H4F6I-. The molecule has 2 aromatic carbocycles. The van der Waals surface area contributed by atoms with Gasteiger partial charge in [0.1, 0.15) is 0 Å². The number of halogens is 7. The summed E-state index contributed by atoms with van der Waals surface area (Å²) in [5.41, 5.74) is 0. The molecule has 0 N–H and O–H groups in total. The minimum atomic E-state index is -1.92. The average Bonchev–Trinajstić information content (AvgIpc) is 2.25. The second-order valence-corrected chi connectivity index (χ2v) is 6.16. The number of rotatable bonds is 2. The van der Waals surface area contributed by atoms with E-state index in [2.05, 4.69) is 0 Å². The fourth-order valence-electron chi connectivity index (χ4n) is 1.32. The fourth-order valence-corrected chi connectivity index (χ4v) is 3.52. The Kier molecular flexibility index (Phi) is 4.02. The molecule has 0 heterocycles. The molecule has 0 nitrogen and oxygen atoms in total. The van der Waals surface area contributed by atoms with Gasteiger partial charge in [-0.2, -0.15) is 0 Å². The maximum absolute atomic E-state index is 13.4. The molecule has 0 bridgehead atoms. The second kappa shape index (κ2) is 5.40. The van der Waals surface area contributed by atoms with E-state index < -0.39 is 63.2 Å². The number of hydrogen-bond acceptors (Lipinski definition) is 0. The summed E-state index contributed by atoms with van der Waals surface area (Å²) >= 11 is -1.92. The zero-order chi connectivity index (χ0) is 14.2. The summed E-state index contributed by atoms with van der Waals surface area (Å²) in [7, 11) is 0. The summed E-state index contributed by atoms with van der Waals surface area (Å²) in [4.78, 5) is 0. The summed E-state index contributed by atoms with van der Waals surface area (Å²) in [6.07, 6.45) is 0. The van der Waals surface area contributed by atoms with Crippen LogP contribution in [-0.2, 0) is 0 Å². The Morgan fingerprint density at radius 3 is 1.05 bits per heavy atom. The van der Waals surface area contributed by atoms with Crippen molar-refractivity contribution in [2.45, 2.75) is 0 Å². The van der Waals surface area contributed by atoms with Crippen LogP contribution in [0.5, 0.6) is 0 Å². The van der Waals surface area contributed by atoms with Crippen molar-refractivity contribution < 1.29 is 47.5 Å². The molecule has 0 spiro atoms. The third-order valence-electron chi connectivity index (χ3n) is 2.09. The predicted octanol–water partition coefficient (Wildman–Crippen LogP) is 0.650. The van der Waals surface area contributed by atoms with Crippen LogP contribution in [0.25, 0.3) is 0 Å². The first-order chi connectivity index (χ1) is 8.88. The van der Waals surface area contributed by atoms with Crippen molar-refractivity contribution in [3.8, 4) is 0 Å². The van der Waals surface area contributed by atoms with E-state index in [4.69, 9.17) is 0 Å². The molecule has 0 aromatic heterocycles. The molecule has 0 amide bonds. The van der Waals surface area contributed by atoms with Crippen molar-refractivity contribution in [2.24, 2.45) is 0 Å². The summed E-state index contributed by atoms with van der Waals surface area (Å²) in [6.45, 7) is 0. The minimum absolute atomic E-state index is 0.428. The van der Waals surface area contributed by atoms with E-state index in [1.165, 1.54) is 0 Å². The van der Waals surface area contributed by atoms with Crippen LogP contribution in [0, 0.1) is 42.0 Å². The van der Waals surface area contributed by atoms with Gasteiger partial charge in [0.15, 0.2) is 0 Å². The van der Waals surface area contributed by atoms with E-state index in [-0.39, 0.29) is 0 Å². The molecule has 0 aliphatic heterocycles. The molecule has 0 saturated heterocycles. The SMILES string of the molecule is Fc1cc(F)c([I-]c2c(F)cc(F)cc2F)c(F)c1. The van der Waals surface area contributed by atoms with Gasteiger partial charge in [-0.15, -0.1) is 0 Å². The molecule has 2 rings (SSSR count). The third kappa shape index (κ3) is 3.02. The number of hydrogen-bond donors (Lipinski definition) is 0. The molecule has 0 unspecified atom stereocenters. The van der Waals surface area contributed by atoms with Crippen molar-refractivity contribution in [3.05, 3.63) is 66.3 Å². The molecule has 0 fully saturated rings. The first-order valence-electron chi connectivity index (χ1n) is 4.82. The van der Waals surface area contributed by atoms with Gasteiger partial charge in [-0.05, 0) is 0 Å². The third-order valence-corrected chi connectivity index (χ3v) is 5.23. The molecule has 0 aliphatic rings. The van der Waals surface area contributed by atoms with E-state index in [0.717, 1.165) is 0 Å². The van der Waals surface area contributed by atoms with Crippen LogP contribution in [0.3, 0.4) is 0 Å². The van der Waals surface area contributed by atoms with E-state index in [1.807, 2.05) is 0 Å². The summed E-state index contributed by atoms with van der Waals surface area (Å²) in [5, 5.41) is 0. The van der Waals surface area contributed by atoms with Crippen molar-refractivity contribution in [2.75, 3.05) is 0 Å². The first-order valence-corrected chi connectivity index (χ1v) is 6.98. The Labute approximate surface area is 114 Å². The van der Waals surface area contributed by atoms with Crippen molar-refractivity contribution in [1.29, 1.82) is 0 Å². The van der Waals surface area contributed by atoms with Gasteiger partial charge in [0.25, 0.3) is 0 Å². The first kappa shape index (κ1) is 14.2. The fraction of sp³-hybridized carbons (Fsp3) is 0. The van der Waals surface area contributed by atoms with E-state index in [9.17, 15) is 26.3 Å². The Bertz CT molecular complexity index is 539. The second-order valence-electron chi connectivity index (χ2n) is 3.46. The van der Waals surface area contributed by atoms with Gasteiger partial charge in [-0.25, -0.2) is 0 Å². The molecule has 0 atom stereocenters. The van der Waals surface area contributed by atoms with Crippen LogP contribution in [0.4, 0.5) is 26.3 Å². The van der Waals surface area contributed by atoms with Gasteiger partial charge < -0.3 is 0 Å². The van der Waals surface area contributed by atoms with Crippen LogP contribution < -0.4 is 21.2 Å². The van der Waals surface area contributed by atoms with E-state index >= 15 is 0 Å². The van der Waals surface area contributed by atoms with Gasteiger partial charge in [-0.1, -0.05) is 0 Å². The molecule has 102 valence electrons. The van der Waals surface area contributed by atoms with Gasteiger partial charge in [0.2, 0.25) is 0 Å². The zero-order valence-electron chi connectivity index (χ0n) is 8.96. The molecule has 0 aliphatic carbocycles. The Morgan fingerprint density at radius 2 is 0.789 bits per heavy atom. The molecule has 7 heteroatoms. The zero-order valence-corrected chi connectivity index (χ0v) is 11.1. The van der Waals surface area contributed by atoms with Crippen LogP contribution >= 0.6 is 0 Å². The van der Waals surface area contributed by atoms with Gasteiger partial charge in [-0.3, -0.25) is 0 Å². The van der Waals surface area contributed by atoms with Crippen molar-refractivity contribution in [1.82, 2.24) is 0 Å².